The van der Waals surface area contributed by atoms with E-state index in [4.69, 9.17) is 18.9 Å². The van der Waals surface area contributed by atoms with Crippen LogP contribution in [0.1, 0.15) is 24.2 Å². The molecule has 2 bridgehead atoms. The highest BCUT2D eigenvalue weighted by atomic mass is 16.7. The topological polar surface area (TPSA) is 100 Å². The predicted octanol–water partition coefficient (Wildman–Crippen LogP) is 0.403. The van der Waals surface area contributed by atoms with Crippen LogP contribution in [0.2, 0.25) is 0 Å². The van der Waals surface area contributed by atoms with Gasteiger partial charge in [0.1, 0.15) is 18.2 Å². The Morgan fingerprint density at radius 1 is 1.12 bits per heavy atom. The zero-order valence-corrected chi connectivity index (χ0v) is 13.8. The van der Waals surface area contributed by atoms with E-state index in [1.165, 1.54) is 13.8 Å². The Morgan fingerprint density at radius 2 is 1.84 bits per heavy atom. The van der Waals surface area contributed by atoms with Crippen LogP contribution in [0.15, 0.2) is 30.3 Å². The Labute approximate surface area is 144 Å². The molecular formula is C17H19NO7. The first-order valence-corrected chi connectivity index (χ1v) is 7.93. The third kappa shape index (κ3) is 3.80. The molecule has 1 aromatic carbocycles. The summed E-state index contributed by atoms with van der Waals surface area (Å²) in [6.07, 6.45) is -2.92. The van der Waals surface area contributed by atoms with Crippen molar-refractivity contribution in [3.05, 3.63) is 35.9 Å². The lowest BCUT2D eigenvalue weighted by atomic mass is 9.99. The van der Waals surface area contributed by atoms with E-state index >= 15 is 0 Å². The van der Waals surface area contributed by atoms with Gasteiger partial charge in [0.25, 0.3) is 0 Å². The standard InChI is InChI=1S/C17H19NO7/c1-9(19)18-13-15-14(23-10(2)20)12(8-22-15)24-17(13)25-16(21)11-6-4-3-5-7-11/h3-7,12-15,17H,8H2,1-2H3,(H,18,19)/t12-,13-,14-,15+,17+/m0/s1. The van der Waals surface area contributed by atoms with Crippen molar-refractivity contribution >= 4 is 17.8 Å². The minimum atomic E-state index is -1.04. The molecule has 2 saturated heterocycles. The van der Waals surface area contributed by atoms with Crippen LogP contribution in [-0.2, 0) is 28.5 Å². The van der Waals surface area contributed by atoms with Crippen LogP contribution in [0.4, 0.5) is 0 Å². The highest BCUT2D eigenvalue weighted by Crippen LogP contribution is 2.33. The number of esters is 2. The average Bonchev–Trinajstić information content (AvgIpc) is 2.85. The number of rotatable bonds is 4. The van der Waals surface area contributed by atoms with E-state index in [-0.39, 0.29) is 12.5 Å². The minimum Gasteiger partial charge on any atom is -0.457 e. The van der Waals surface area contributed by atoms with Gasteiger partial charge >= 0.3 is 11.9 Å². The summed E-state index contributed by atoms with van der Waals surface area (Å²) < 4.78 is 22.0. The molecule has 1 aromatic rings. The van der Waals surface area contributed by atoms with Crippen LogP contribution >= 0.6 is 0 Å². The quantitative estimate of drug-likeness (QED) is 0.786. The van der Waals surface area contributed by atoms with Gasteiger partial charge in [-0.3, -0.25) is 9.59 Å². The SMILES string of the molecule is CC(=O)N[C@@H]1[C@@H](OC(=O)c2ccccc2)O[C@H]2CO[C@H]1[C@H]2OC(C)=O. The number of ether oxygens (including phenoxy) is 4. The van der Waals surface area contributed by atoms with Crippen LogP contribution in [0.5, 0.6) is 0 Å². The second-order valence-corrected chi connectivity index (χ2v) is 5.91. The van der Waals surface area contributed by atoms with Crippen LogP contribution in [0.25, 0.3) is 0 Å². The number of fused-ring (bicyclic) bond motifs is 2. The van der Waals surface area contributed by atoms with Gasteiger partial charge in [0.05, 0.1) is 12.2 Å². The number of carbonyl (C=O) groups is 3. The zero-order valence-electron chi connectivity index (χ0n) is 13.8. The van der Waals surface area contributed by atoms with E-state index in [9.17, 15) is 14.4 Å². The molecule has 2 fully saturated rings. The number of amides is 1. The summed E-state index contributed by atoms with van der Waals surface area (Å²) >= 11 is 0. The van der Waals surface area contributed by atoms with Crippen molar-refractivity contribution in [3.8, 4) is 0 Å². The predicted molar refractivity (Wildman–Crippen MR) is 83.4 cm³/mol. The van der Waals surface area contributed by atoms with Gasteiger partial charge in [-0.05, 0) is 12.1 Å². The van der Waals surface area contributed by atoms with Gasteiger partial charge in [-0.15, -0.1) is 0 Å². The zero-order chi connectivity index (χ0) is 18.0. The Hall–Kier alpha value is -2.45. The minimum absolute atomic E-state index is 0.179. The molecule has 8 nitrogen and oxygen atoms in total. The van der Waals surface area contributed by atoms with Crippen molar-refractivity contribution in [1.82, 2.24) is 5.32 Å². The highest BCUT2D eigenvalue weighted by molar-refractivity contribution is 5.89. The van der Waals surface area contributed by atoms with Gasteiger partial charge in [0.2, 0.25) is 12.2 Å². The summed E-state index contributed by atoms with van der Waals surface area (Å²) in [4.78, 5) is 35.1. The second kappa shape index (κ2) is 7.20. The molecule has 2 aliphatic heterocycles. The van der Waals surface area contributed by atoms with E-state index in [2.05, 4.69) is 5.32 Å². The van der Waals surface area contributed by atoms with Crippen LogP contribution < -0.4 is 5.32 Å². The van der Waals surface area contributed by atoms with E-state index < -0.39 is 42.6 Å². The summed E-state index contributed by atoms with van der Waals surface area (Å²) in [5, 5.41) is 2.66. The fourth-order valence-corrected chi connectivity index (χ4v) is 3.01. The Balaban J connectivity index is 1.78. The molecule has 8 heteroatoms. The monoisotopic (exact) mass is 349 g/mol. The third-order valence-electron chi connectivity index (χ3n) is 4.00. The van der Waals surface area contributed by atoms with E-state index in [0.29, 0.717) is 5.56 Å². The van der Waals surface area contributed by atoms with Crippen LogP contribution in [-0.4, -0.2) is 55.1 Å². The van der Waals surface area contributed by atoms with Gasteiger partial charge in [-0.25, -0.2) is 4.79 Å². The van der Waals surface area contributed by atoms with E-state index in [1.54, 1.807) is 30.3 Å². The van der Waals surface area contributed by atoms with Crippen LogP contribution in [0, 0.1) is 0 Å². The van der Waals surface area contributed by atoms with Crippen molar-refractivity contribution in [2.24, 2.45) is 0 Å². The smallest absolute Gasteiger partial charge is 0.340 e. The number of benzene rings is 1. The van der Waals surface area contributed by atoms with Crippen molar-refractivity contribution in [1.29, 1.82) is 0 Å². The molecule has 0 unspecified atom stereocenters. The second-order valence-electron chi connectivity index (χ2n) is 5.91. The molecule has 0 radical (unpaired) electrons. The Bertz CT molecular complexity index is 662. The summed E-state index contributed by atoms with van der Waals surface area (Å²) in [5.74, 6) is -1.40. The molecule has 5 atom stereocenters. The van der Waals surface area contributed by atoms with Gasteiger partial charge in [-0.1, -0.05) is 18.2 Å². The third-order valence-corrected chi connectivity index (χ3v) is 4.00. The summed E-state index contributed by atoms with van der Waals surface area (Å²) in [5.41, 5.74) is 0.364. The molecular weight excluding hydrogens is 330 g/mol. The fourth-order valence-electron chi connectivity index (χ4n) is 3.01. The normalized spacial score (nSPS) is 30.4. The molecule has 0 saturated carbocycles. The van der Waals surface area contributed by atoms with Crippen molar-refractivity contribution < 1.29 is 33.3 Å². The molecule has 0 aromatic heterocycles. The number of nitrogens with one attached hydrogen (secondary N) is 1. The molecule has 0 aliphatic carbocycles. The van der Waals surface area contributed by atoms with Gasteiger partial charge in [0.15, 0.2) is 6.10 Å². The largest absolute Gasteiger partial charge is 0.457 e. The number of hydrogen-bond acceptors (Lipinski definition) is 7. The van der Waals surface area contributed by atoms with Gasteiger partial charge < -0.3 is 24.3 Å². The fraction of sp³-hybridized carbons (Fsp3) is 0.471. The summed E-state index contributed by atoms with van der Waals surface area (Å²) in [6, 6.07) is 7.66. The average molecular weight is 349 g/mol. The van der Waals surface area contributed by atoms with Gasteiger partial charge in [0, 0.05) is 13.8 Å². The summed E-state index contributed by atoms with van der Waals surface area (Å²) in [6.45, 7) is 2.80. The first-order valence-electron chi connectivity index (χ1n) is 7.93. The first-order chi connectivity index (χ1) is 12.0. The summed E-state index contributed by atoms with van der Waals surface area (Å²) in [7, 11) is 0. The number of hydrogen-bond donors (Lipinski definition) is 1. The van der Waals surface area contributed by atoms with E-state index in [0.717, 1.165) is 0 Å². The van der Waals surface area contributed by atoms with Crippen molar-refractivity contribution in [3.63, 3.8) is 0 Å². The maximum Gasteiger partial charge on any atom is 0.340 e. The lowest BCUT2D eigenvalue weighted by molar-refractivity contribution is -0.216. The van der Waals surface area contributed by atoms with Crippen molar-refractivity contribution in [2.75, 3.05) is 6.61 Å². The molecule has 2 heterocycles. The molecule has 0 spiro atoms. The lowest BCUT2D eigenvalue weighted by Gasteiger charge is -2.38. The number of carbonyl (C=O) groups excluding carboxylic acids is 3. The molecule has 2 aliphatic rings. The Kier molecular flexibility index (Phi) is 5.00. The molecule has 3 rings (SSSR count). The molecule has 1 amide bonds. The maximum atomic E-state index is 12.3. The van der Waals surface area contributed by atoms with Crippen LogP contribution in [0.3, 0.4) is 0 Å². The van der Waals surface area contributed by atoms with Crippen molar-refractivity contribution in [2.45, 2.75) is 44.5 Å². The van der Waals surface area contributed by atoms with E-state index in [1.807, 2.05) is 0 Å². The van der Waals surface area contributed by atoms with Gasteiger partial charge in [-0.2, -0.15) is 0 Å². The molecule has 134 valence electrons. The Morgan fingerprint density at radius 3 is 2.48 bits per heavy atom. The molecule has 1 N–H and O–H groups in total. The lowest BCUT2D eigenvalue weighted by Crippen LogP contribution is -2.61. The molecule has 25 heavy (non-hydrogen) atoms. The maximum absolute atomic E-state index is 12.3. The first kappa shape index (κ1) is 17.4. The highest BCUT2D eigenvalue weighted by Gasteiger charge is 2.55.